The average Bonchev–Trinajstić information content (AvgIpc) is 1.98. The van der Waals surface area contributed by atoms with Gasteiger partial charge in [-0.15, -0.1) is 19.7 Å². The van der Waals surface area contributed by atoms with Crippen molar-refractivity contribution in [3.63, 3.8) is 0 Å². The van der Waals surface area contributed by atoms with Gasteiger partial charge in [-0.25, -0.2) is 0 Å². The maximum absolute atomic E-state index is 3.69. The maximum Gasteiger partial charge on any atom is 0.0284 e. The topological polar surface area (TPSA) is 12.0 Å². The highest BCUT2D eigenvalue weighted by atomic mass is 14.9. The van der Waals surface area contributed by atoms with Crippen molar-refractivity contribution in [2.24, 2.45) is 0 Å². The van der Waals surface area contributed by atoms with Crippen molar-refractivity contribution in [3.05, 3.63) is 38.0 Å². The van der Waals surface area contributed by atoms with Crippen molar-refractivity contribution in [3.8, 4) is 0 Å². The van der Waals surface area contributed by atoms with Gasteiger partial charge in [-0.1, -0.05) is 18.2 Å². The molecule has 1 atom stereocenters. The second-order valence-electron chi connectivity index (χ2n) is 2.06. The minimum absolute atomic E-state index is 0.343. The lowest BCUT2D eigenvalue weighted by molar-refractivity contribution is 0.643. The van der Waals surface area contributed by atoms with E-state index in [4.69, 9.17) is 0 Å². The number of rotatable bonds is 6. The van der Waals surface area contributed by atoms with E-state index >= 15 is 0 Å². The Balaban J connectivity index is 3.47. The summed E-state index contributed by atoms with van der Waals surface area (Å²) in [6.45, 7) is 11.8. The largest absolute Gasteiger partial charge is 0.307 e. The summed E-state index contributed by atoms with van der Waals surface area (Å²) >= 11 is 0. The van der Waals surface area contributed by atoms with Crippen LogP contribution in [0.15, 0.2) is 38.0 Å². The van der Waals surface area contributed by atoms with Crippen LogP contribution in [0.3, 0.4) is 0 Å². The van der Waals surface area contributed by atoms with Crippen LogP contribution in [0.1, 0.15) is 6.42 Å². The van der Waals surface area contributed by atoms with Gasteiger partial charge in [-0.3, -0.25) is 0 Å². The molecule has 56 valence electrons. The van der Waals surface area contributed by atoms with Crippen molar-refractivity contribution < 1.29 is 0 Å². The van der Waals surface area contributed by atoms with E-state index in [0.29, 0.717) is 6.04 Å². The van der Waals surface area contributed by atoms with E-state index in [9.17, 15) is 0 Å². The lowest BCUT2D eigenvalue weighted by atomic mass is 10.2. The zero-order valence-electron chi connectivity index (χ0n) is 6.34. The molecule has 1 N–H and O–H groups in total. The standard InChI is InChI=1S/C9H15N/c1-4-7-9(6-3)10-8-5-2/h4-6,9-10H,1-3,7-8H2. The van der Waals surface area contributed by atoms with E-state index in [2.05, 4.69) is 25.1 Å². The maximum atomic E-state index is 3.69. The van der Waals surface area contributed by atoms with Gasteiger partial charge in [-0.2, -0.15) is 0 Å². The summed E-state index contributed by atoms with van der Waals surface area (Å²) in [6, 6.07) is 0.343. The molecule has 0 bridgehead atoms. The summed E-state index contributed by atoms with van der Waals surface area (Å²) in [5, 5.41) is 3.21. The normalized spacial score (nSPS) is 12.0. The summed E-state index contributed by atoms with van der Waals surface area (Å²) in [6.07, 6.45) is 6.52. The van der Waals surface area contributed by atoms with Gasteiger partial charge in [0, 0.05) is 12.6 Å². The minimum atomic E-state index is 0.343. The molecule has 0 radical (unpaired) electrons. The molecular formula is C9H15N. The molecule has 0 amide bonds. The van der Waals surface area contributed by atoms with Crippen LogP contribution >= 0.6 is 0 Å². The monoisotopic (exact) mass is 137 g/mol. The first kappa shape index (κ1) is 9.18. The zero-order chi connectivity index (χ0) is 7.82. The molecular weight excluding hydrogens is 122 g/mol. The molecule has 0 heterocycles. The average molecular weight is 137 g/mol. The predicted octanol–water partition coefficient (Wildman–Crippen LogP) is 1.89. The molecule has 1 unspecified atom stereocenters. The summed E-state index contributed by atoms with van der Waals surface area (Å²) < 4.78 is 0. The molecule has 0 aliphatic rings. The first-order valence-electron chi connectivity index (χ1n) is 3.43. The third-order valence-electron chi connectivity index (χ3n) is 1.23. The molecule has 0 aromatic rings. The molecule has 0 spiro atoms. The highest BCUT2D eigenvalue weighted by Gasteiger charge is 1.96. The fraction of sp³-hybridized carbons (Fsp3) is 0.333. The molecule has 0 aliphatic carbocycles. The second-order valence-corrected chi connectivity index (χ2v) is 2.06. The van der Waals surface area contributed by atoms with Gasteiger partial charge in [-0.05, 0) is 6.42 Å². The molecule has 0 aromatic heterocycles. The van der Waals surface area contributed by atoms with Crippen molar-refractivity contribution >= 4 is 0 Å². The van der Waals surface area contributed by atoms with Crippen LogP contribution in [0.4, 0.5) is 0 Å². The lowest BCUT2D eigenvalue weighted by Crippen LogP contribution is -2.26. The van der Waals surface area contributed by atoms with Crippen LogP contribution in [0.5, 0.6) is 0 Å². The van der Waals surface area contributed by atoms with Gasteiger partial charge >= 0.3 is 0 Å². The number of nitrogens with one attached hydrogen (secondary N) is 1. The minimum Gasteiger partial charge on any atom is -0.307 e. The quantitative estimate of drug-likeness (QED) is 0.551. The summed E-state index contributed by atoms with van der Waals surface area (Å²) in [4.78, 5) is 0. The van der Waals surface area contributed by atoms with Gasteiger partial charge in [0.25, 0.3) is 0 Å². The Morgan fingerprint density at radius 3 is 2.30 bits per heavy atom. The van der Waals surface area contributed by atoms with Crippen molar-refractivity contribution in [1.29, 1.82) is 0 Å². The van der Waals surface area contributed by atoms with E-state index < -0.39 is 0 Å². The summed E-state index contributed by atoms with van der Waals surface area (Å²) in [5.74, 6) is 0. The summed E-state index contributed by atoms with van der Waals surface area (Å²) in [5.41, 5.74) is 0. The molecule has 10 heavy (non-hydrogen) atoms. The van der Waals surface area contributed by atoms with Crippen molar-refractivity contribution in [1.82, 2.24) is 5.32 Å². The lowest BCUT2D eigenvalue weighted by Gasteiger charge is -2.09. The Morgan fingerprint density at radius 2 is 1.90 bits per heavy atom. The van der Waals surface area contributed by atoms with E-state index in [1.54, 1.807) is 0 Å². The first-order chi connectivity index (χ1) is 4.85. The fourth-order valence-corrected chi connectivity index (χ4v) is 0.677. The van der Waals surface area contributed by atoms with E-state index in [0.717, 1.165) is 13.0 Å². The van der Waals surface area contributed by atoms with Crippen LogP contribution in [-0.4, -0.2) is 12.6 Å². The number of hydrogen-bond acceptors (Lipinski definition) is 1. The Morgan fingerprint density at radius 1 is 1.20 bits per heavy atom. The van der Waals surface area contributed by atoms with Gasteiger partial charge in [0.2, 0.25) is 0 Å². The van der Waals surface area contributed by atoms with Crippen molar-refractivity contribution in [2.45, 2.75) is 12.5 Å². The van der Waals surface area contributed by atoms with E-state index in [1.165, 1.54) is 0 Å². The zero-order valence-corrected chi connectivity index (χ0v) is 6.34. The Bertz CT molecular complexity index is 116. The van der Waals surface area contributed by atoms with Crippen LogP contribution in [0.25, 0.3) is 0 Å². The molecule has 0 saturated heterocycles. The fourth-order valence-electron chi connectivity index (χ4n) is 0.677. The molecule has 0 rings (SSSR count). The van der Waals surface area contributed by atoms with Gasteiger partial charge in [0.05, 0.1) is 0 Å². The van der Waals surface area contributed by atoms with Gasteiger partial charge in [0.1, 0.15) is 0 Å². The Kier molecular flexibility index (Phi) is 5.79. The van der Waals surface area contributed by atoms with E-state index in [-0.39, 0.29) is 0 Å². The molecule has 0 saturated carbocycles. The van der Waals surface area contributed by atoms with Crippen molar-refractivity contribution in [2.75, 3.05) is 6.54 Å². The summed E-state index contributed by atoms with van der Waals surface area (Å²) in [7, 11) is 0. The van der Waals surface area contributed by atoms with Gasteiger partial charge in [0.15, 0.2) is 0 Å². The molecule has 0 aliphatic heterocycles. The van der Waals surface area contributed by atoms with Crippen LogP contribution in [-0.2, 0) is 0 Å². The van der Waals surface area contributed by atoms with Crippen LogP contribution in [0.2, 0.25) is 0 Å². The van der Waals surface area contributed by atoms with Crippen LogP contribution in [0, 0.1) is 0 Å². The molecule has 1 nitrogen and oxygen atoms in total. The smallest absolute Gasteiger partial charge is 0.0284 e. The molecule has 0 aromatic carbocycles. The van der Waals surface area contributed by atoms with E-state index in [1.807, 2.05) is 18.2 Å². The third kappa shape index (κ3) is 4.10. The highest BCUT2D eigenvalue weighted by Crippen LogP contribution is 1.92. The Hall–Kier alpha value is -0.820. The Labute approximate surface area is 63.1 Å². The first-order valence-corrected chi connectivity index (χ1v) is 3.43. The second kappa shape index (κ2) is 6.30. The molecule has 1 heteroatoms. The van der Waals surface area contributed by atoms with Crippen LogP contribution < -0.4 is 5.32 Å². The predicted molar refractivity (Wildman–Crippen MR) is 47.0 cm³/mol. The van der Waals surface area contributed by atoms with Gasteiger partial charge < -0.3 is 5.32 Å². The SMILES string of the molecule is C=CCNC(C=C)CC=C. The highest BCUT2D eigenvalue weighted by molar-refractivity contribution is 4.92. The molecule has 0 fully saturated rings. The number of hydrogen-bond donors (Lipinski definition) is 1. The third-order valence-corrected chi connectivity index (χ3v) is 1.23.